The fraction of sp³-hybridized carbons (Fsp3) is 0.0769. The van der Waals surface area contributed by atoms with Crippen LogP contribution in [0.5, 0.6) is 0 Å². The number of anilines is 2. The molecule has 0 aliphatic heterocycles. The summed E-state index contributed by atoms with van der Waals surface area (Å²) in [6.45, 7) is 0. The standard InChI is InChI=1S/C13H11BrF2N2O2S/c1-18(12-4-2-8(14)6-11(12)17)21(19,20)13-5-3-9(15)7-10(13)16/h2-7H,17H2,1H3. The average Bonchev–Trinajstić information content (AvgIpc) is 2.37. The second-order valence-electron chi connectivity index (χ2n) is 4.25. The fourth-order valence-corrected chi connectivity index (χ4v) is 3.42. The molecular weight excluding hydrogens is 366 g/mol. The van der Waals surface area contributed by atoms with Gasteiger partial charge in [0.2, 0.25) is 0 Å². The summed E-state index contributed by atoms with van der Waals surface area (Å²) in [5, 5.41) is 0. The molecule has 0 amide bonds. The van der Waals surface area contributed by atoms with E-state index < -0.39 is 26.6 Å². The van der Waals surface area contributed by atoms with Gasteiger partial charge in [0.25, 0.3) is 10.0 Å². The van der Waals surface area contributed by atoms with Crippen molar-refractivity contribution in [1.29, 1.82) is 0 Å². The van der Waals surface area contributed by atoms with Crippen molar-refractivity contribution in [3.8, 4) is 0 Å². The normalized spacial score (nSPS) is 11.4. The van der Waals surface area contributed by atoms with Crippen molar-refractivity contribution in [2.45, 2.75) is 4.90 Å². The van der Waals surface area contributed by atoms with E-state index in [1.165, 1.54) is 19.2 Å². The third-order valence-electron chi connectivity index (χ3n) is 2.86. The summed E-state index contributed by atoms with van der Waals surface area (Å²) in [5.41, 5.74) is 6.17. The molecule has 4 nitrogen and oxygen atoms in total. The Kier molecular flexibility index (Phi) is 4.20. The molecule has 112 valence electrons. The Bertz CT molecular complexity index is 797. The van der Waals surface area contributed by atoms with Gasteiger partial charge in [0.1, 0.15) is 16.5 Å². The smallest absolute Gasteiger partial charge is 0.267 e. The van der Waals surface area contributed by atoms with Crippen LogP contribution in [0.4, 0.5) is 20.2 Å². The largest absolute Gasteiger partial charge is 0.397 e. The lowest BCUT2D eigenvalue weighted by Gasteiger charge is -2.21. The summed E-state index contributed by atoms with van der Waals surface area (Å²) in [6, 6.07) is 6.91. The molecule has 0 heterocycles. The van der Waals surface area contributed by atoms with E-state index in [-0.39, 0.29) is 11.4 Å². The highest BCUT2D eigenvalue weighted by molar-refractivity contribution is 9.10. The quantitative estimate of drug-likeness (QED) is 0.836. The molecule has 0 aliphatic carbocycles. The minimum atomic E-state index is -4.18. The summed E-state index contributed by atoms with van der Waals surface area (Å²) in [5.74, 6) is -2.00. The van der Waals surface area contributed by atoms with Crippen molar-refractivity contribution in [3.05, 3.63) is 52.5 Å². The number of sulfonamides is 1. The van der Waals surface area contributed by atoms with Gasteiger partial charge in [-0.2, -0.15) is 0 Å². The van der Waals surface area contributed by atoms with Crippen LogP contribution in [0.3, 0.4) is 0 Å². The Hall–Kier alpha value is -1.67. The Morgan fingerprint density at radius 3 is 2.38 bits per heavy atom. The van der Waals surface area contributed by atoms with Gasteiger partial charge in [0.05, 0.1) is 11.4 Å². The molecule has 0 atom stereocenters. The van der Waals surface area contributed by atoms with Gasteiger partial charge in [-0.15, -0.1) is 0 Å². The van der Waals surface area contributed by atoms with Crippen LogP contribution in [0.25, 0.3) is 0 Å². The minimum Gasteiger partial charge on any atom is -0.397 e. The Morgan fingerprint density at radius 1 is 1.14 bits per heavy atom. The van der Waals surface area contributed by atoms with E-state index in [9.17, 15) is 17.2 Å². The van der Waals surface area contributed by atoms with Gasteiger partial charge in [0.15, 0.2) is 0 Å². The van der Waals surface area contributed by atoms with Crippen molar-refractivity contribution >= 4 is 37.3 Å². The molecule has 0 saturated heterocycles. The third kappa shape index (κ3) is 3.01. The highest BCUT2D eigenvalue weighted by Crippen LogP contribution is 2.30. The number of rotatable bonds is 3. The van der Waals surface area contributed by atoms with Crippen LogP contribution in [0.1, 0.15) is 0 Å². The second-order valence-corrected chi connectivity index (χ2v) is 7.10. The van der Waals surface area contributed by atoms with E-state index in [1.54, 1.807) is 6.07 Å². The van der Waals surface area contributed by atoms with Crippen LogP contribution in [0, 0.1) is 11.6 Å². The van der Waals surface area contributed by atoms with Gasteiger partial charge >= 0.3 is 0 Å². The molecule has 0 spiro atoms. The van der Waals surface area contributed by atoms with E-state index in [1.807, 2.05) is 0 Å². The molecule has 0 fully saturated rings. The van der Waals surface area contributed by atoms with E-state index in [0.29, 0.717) is 10.5 Å². The SMILES string of the molecule is CN(c1ccc(Br)cc1N)S(=O)(=O)c1ccc(F)cc1F. The molecule has 0 bridgehead atoms. The van der Waals surface area contributed by atoms with Crippen LogP contribution >= 0.6 is 15.9 Å². The molecule has 2 aromatic carbocycles. The first-order valence-corrected chi connectivity index (χ1v) is 7.96. The van der Waals surface area contributed by atoms with Crippen molar-refractivity contribution in [2.24, 2.45) is 0 Å². The molecule has 0 aliphatic rings. The third-order valence-corrected chi connectivity index (χ3v) is 5.16. The Balaban J connectivity index is 2.52. The van der Waals surface area contributed by atoms with Gasteiger partial charge < -0.3 is 5.73 Å². The first-order chi connectivity index (χ1) is 9.73. The summed E-state index contributed by atoms with van der Waals surface area (Å²) in [6.07, 6.45) is 0. The number of halogens is 3. The molecular formula is C13H11BrF2N2O2S. The first kappa shape index (κ1) is 15.7. The fourth-order valence-electron chi connectivity index (χ4n) is 1.77. The van der Waals surface area contributed by atoms with Crippen LogP contribution in [0.15, 0.2) is 45.8 Å². The van der Waals surface area contributed by atoms with Gasteiger partial charge in [-0.1, -0.05) is 15.9 Å². The number of hydrogen-bond acceptors (Lipinski definition) is 3. The topological polar surface area (TPSA) is 63.4 Å². The Morgan fingerprint density at radius 2 is 1.81 bits per heavy atom. The first-order valence-electron chi connectivity index (χ1n) is 5.72. The molecule has 2 N–H and O–H groups in total. The van der Waals surface area contributed by atoms with Crippen molar-refractivity contribution in [2.75, 3.05) is 17.1 Å². The van der Waals surface area contributed by atoms with Gasteiger partial charge in [-0.3, -0.25) is 4.31 Å². The number of benzene rings is 2. The van der Waals surface area contributed by atoms with Crippen molar-refractivity contribution < 1.29 is 17.2 Å². The molecule has 2 rings (SSSR count). The Labute approximate surface area is 129 Å². The molecule has 8 heteroatoms. The monoisotopic (exact) mass is 376 g/mol. The van der Waals surface area contributed by atoms with Crippen molar-refractivity contribution in [3.63, 3.8) is 0 Å². The predicted molar refractivity (Wildman–Crippen MR) is 80.5 cm³/mol. The molecule has 0 aromatic heterocycles. The zero-order chi connectivity index (χ0) is 15.8. The maximum atomic E-state index is 13.7. The van der Waals surface area contributed by atoms with E-state index in [4.69, 9.17) is 5.73 Å². The van der Waals surface area contributed by atoms with Crippen LogP contribution in [-0.4, -0.2) is 15.5 Å². The van der Waals surface area contributed by atoms with E-state index in [0.717, 1.165) is 16.4 Å². The summed E-state index contributed by atoms with van der Waals surface area (Å²) in [4.78, 5) is -0.617. The highest BCUT2D eigenvalue weighted by atomic mass is 79.9. The van der Waals surface area contributed by atoms with Crippen molar-refractivity contribution in [1.82, 2.24) is 0 Å². The molecule has 2 aromatic rings. The van der Waals surface area contributed by atoms with E-state index in [2.05, 4.69) is 15.9 Å². The summed E-state index contributed by atoms with van der Waals surface area (Å²) < 4.78 is 52.9. The van der Waals surface area contributed by atoms with Gasteiger partial charge in [-0.05, 0) is 30.3 Å². The van der Waals surface area contributed by atoms with Crippen LogP contribution < -0.4 is 10.0 Å². The maximum absolute atomic E-state index is 13.7. The number of nitrogen functional groups attached to an aromatic ring is 1. The van der Waals surface area contributed by atoms with Crippen LogP contribution in [0.2, 0.25) is 0 Å². The zero-order valence-corrected chi connectivity index (χ0v) is 13.2. The maximum Gasteiger partial charge on any atom is 0.267 e. The number of hydrogen-bond donors (Lipinski definition) is 1. The molecule has 21 heavy (non-hydrogen) atoms. The molecule has 0 radical (unpaired) electrons. The van der Waals surface area contributed by atoms with Gasteiger partial charge in [-0.25, -0.2) is 17.2 Å². The van der Waals surface area contributed by atoms with Gasteiger partial charge in [0, 0.05) is 17.6 Å². The minimum absolute atomic E-state index is 0.196. The summed E-state index contributed by atoms with van der Waals surface area (Å²) in [7, 11) is -2.93. The molecule has 0 saturated carbocycles. The lowest BCUT2D eigenvalue weighted by molar-refractivity contribution is 0.548. The number of nitrogens with zero attached hydrogens (tertiary/aromatic N) is 1. The highest BCUT2D eigenvalue weighted by Gasteiger charge is 2.26. The zero-order valence-electron chi connectivity index (χ0n) is 10.8. The lowest BCUT2D eigenvalue weighted by atomic mass is 10.3. The summed E-state index contributed by atoms with van der Waals surface area (Å²) >= 11 is 3.21. The average molecular weight is 377 g/mol. The predicted octanol–water partition coefficient (Wildman–Crippen LogP) is 3.13. The second kappa shape index (κ2) is 5.61. The molecule has 0 unspecified atom stereocenters. The lowest BCUT2D eigenvalue weighted by Crippen LogP contribution is -2.28. The number of nitrogens with two attached hydrogens (primary N) is 1. The van der Waals surface area contributed by atoms with E-state index >= 15 is 0 Å². The van der Waals surface area contributed by atoms with Crippen LogP contribution in [-0.2, 0) is 10.0 Å².